The van der Waals surface area contributed by atoms with E-state index in [0.29, 0.717) is 5.56 Å². The normalized spacial score (nSPS) is 11.0. The number of allylic oxidation sites excluding steroid dienone is 1. The predicted octanol–water partition coefficient (Wildman–Crippen LogP) is 3.19. The van der Waals surface area contributed by atoms with Gasteiger partial charge in [-0.2, -0.15) is 10.5 Å². The van der Waals surface area contributed by atoms with E-state index in [9.17, 15) is 35.8 Å². The molecule has 0 fully saturated rings. The van der Waals surface area contributed by atoms with Crippen LogP contribution in [0.15, 0.2) is 35.9 Å². The van der Waals surface area contributed by atoms with E-state index in [0.717, 1.165) is 12.1 Å². The molecule has 0 aliphatic heterocycles. The second-order valence-electron chi connectivity index (χ2n) is 5.89. The molecule has 2 aromatic rings. The minimum atomic E-state index is -0.801. The Bertz CT molecular complexity index is 1150. The molecule has 3 rings (SSSR count). The fourth-order valence-electron chi connectivity index (χ4n) is 3.22. The lowest BCUT2D eigenvalue weighted by atomic mass is 9.96. The first-order chi connectivity index (χ1) is 13.8. The highest BCUT2D eigenvalue weighted by Crippen LogP contribution is 2.49. The first-order valence-corrected chi connectivity index (χ1v) is 8.21. The highest BCUT2D eigenvalue weighted by molar-refractivity contribution is 6.11. The maximum atomic E-state index is 12.5. The highest BCUT2D eigenvalue weighted by Gasteiger charge is 2.34. The number of hydrogen-bond acceptors (Lipinski definition) is 9. The van der Waals surface area contributed by atoms with Crippen molar-refractivity contribution < 1.29 is 24.9 Å². The molecular formula is C19H12N4O6. The van der Waals surface area contributed by atoms with Crippen molar-refractivity contribution in [1.82, 2.24) is 0 Å². The van der Waals surface area contributed by atoms with Crippen LogP contribution in [0.2, 0.25) is 0 Å². The Balaban J connectivity index is 2.48. The molecule has 0 amide bonds. The predicted molar refractivity (Wildman–Crippen MR) is 97.8 cm³/mol. The molecular weight excluding hydrogens is 380 g/mol. The Kier molecular flexibility index (Phi) is 4.98. The van der Waals surface area contributed by atoms with Crippen molar-refractivity contribution in [2.75, 3.05) is 11.8 Å². The van der Waals surface area contributed by atoms with Gasteiger partial charge in [0.05, 0.1) is 22.8 Å². The van der Waals surface area contributed by atoms with Crippen molar-refractivity contribution in [2.45, 2.75) is 6.92 Å². The smallest absolute Gasteiger partial charge is 0.339 e. The molecule has 0 atom stereocenters. The number of carbonyl (C=O) groups excluding carboxylic acids is 1. The van der Waals surface area contributed by atoms with Gasteiger partial charge in [0.1, 0.15) is 17.7 Å². The van der Waals surface area contributed by atoms with Gasteiger partial charge < -0.3 is 4.74 Å². The number of nitrogens with zero attached hydrogens (tertiary/aromatic N) is 4. The largest absolute Gasteiger partial charge is 0.462 e. The van der Waals surface area contributed by atoms with Gasteiger partial charge in [-0.05, 0) is 35.7 Å². The zero-order valence-electron chi connectivity index (χ0n) is 14.9. The van der Waals surface area contributed by atoms with Crippen LogP contribution < -0.4 is 5.23 Å². The summed E-state index contributed by atoms with van der Waals surface area (Å²) in [6.45, 7) is 1.62. The standard InChI is InChI=1S/C19H12N4O6/c1-2-29-19(24)16-7-12(23(27)28)6-15-17(10(8-20)9-21)14-5-11(22(25)26)3-4-13(14)18(15)16/h3-7,25-26H,2H2,1H3. The van der Waals surface area contributed by atoms with Gasteiger partial charge in [-0.25, -0.2) is 4.79 Å². The average Bonchev–Trinajstić information content (AvgIpc) is 3.02. The average molecular weight is 392 g/mol. The van der Waals surface area contributed by atoms with E-state index >= 15 is 0 Å². The molecule has 0 heterocycles. The molecule has 0 unspecified atom stereocenters. The van der Waals surface area contributed by atoms with E-state index in [1.807, 2.05) is 0 Å². The number of non-ortho nitro benzene ring substituents is 1. The Morgan fingerprint density at radius 3 is 2.41 bits per heavy atom. The number of rotatable bonds is 4. The number of nitro groups is 1. The zero-order valence-corrected chi connectivity index (χ0v) is 14.9. The number of hydrogen-bond donors (Lipinski definition) is 2. The Morgan fingerprint density at radius 2 is 1.86 bits per heavy atom. The monoisotopic (exact) mass is 392 g/mol. The maximum absolute atomic E-state index is 12.5. The van der Waals surface area contributed by atoms with Crippen molar-refractivity contribution in [3.63, 3.8) is 0 Å². The number of ether oxygens (including phenoxy) is 1. The lowest BCUT2D eigenvalue weighted by Crippen LogP contribution is -2.11. The molecule has 1 aliphatic rings. The number of nitriles is 2. The summed E-state index contributed by atoms with van der Waals surface area (Å²) in [7, 11) is 0. The van der Waals surface area contributed by atoms with Crippen molar-refractivity contribution in [3.8, 4) is 23.3 Å². The maximum Gasteiger partial charge on any atom is 0.339 e. The summed E-state index contributed by atoms with van der Waals surface area (Å²) in [6, 6.07) is 9.80. The molecule has 0 saturated carbocycles. The second-order valence-corrected chi connectivity index (χ2v) is 5.89. The fraction of sp³-hybridized carbons (Fsp3) is 0.105. The minimum absolute atomic E-state index is 0.0381. The zero-order chi connectivity index (χ0) is 21.3. The molecule has 0 bridgehead atoms. The number of benzene rings is 2. The fourth-order valence-corrected chi connectivity index (χ4v) is 3.22. The van der Waals surface area contributed by atoms with Crippen LogP contribution in [0.5, 0.6) is 0 Å². The molecule has 2 N–H and O–H groups in total. The summed E-state index contributed by atoms with van der Waals surface area (Å²) in [4.78, 5) is 23.2. The number of carbonyl (C=O) groups is 1. The lowest BCUT2D eigenvalue weighted by molar-refractivity contribution is -0.384. The van der Waals surface area contributed by atoms with Crippen molar-refractivity contribution in [1.29, 1.82) is 10.5 Å². The van der Waals surface area contributed by atoms with Crippen molar-refractivity contribution in [2.24, 2.45) is 0 Å². The van der Waals surface area contributed by atoms with Gasteiger partial charge >= 0.3 is 5.97 Å². The third-order valence-electron chi connectivity index (χ3n) is 4.34. The summed E-state index contributed by atoms with van der Waals surface area (Å²) >= 11 is 0. The second kappa shape index (κ2) is 7.40. The number of esters is 1. The molecule has 10 nitrogen and oxygen atoms in total. The minimum Gasteiger partial charge on any atom is -0.462 e. The number of nitro benzene ring substituents is 1. The van der Waals surface area contributed by atoms with Crippen LogP contribution in [-0.4, -0.2) is 27.9 Å². The van der Waals surface area contributed by atoms with Gasteiger partial charge in [0.2, 0.25) is 0 Å². The first-order valence-electron chi connectivity index (χ1n) is 8.21. The third kappa shape index (κ3) is 3.15. The van der Waals surface area contributed by atoms with Crippen LogP contribution >= 0.6 is 0 Å². The Morgan fingerprint density at radius 1 is 1.17 bits per heavy atom. The number of fused-ring (bicyclic) bond motifs is 3. The molecule has 0 aromatic heterocycles. The molecule has 144 valence electrons. The topological polar surface area (TPSA) is 161 Å². The van der Waals surface area contributed by atoms with Crippen molar-refractivity contribution in [3.05, 3.63) is 62.7 Å². The van der Waals surface area contributed by atoms with Crippen LogP contribution in [0.25, 0.3) is 16.7 Å². The van der Waals surface area contributed by atoms with Crippen LogP contribution in [0.3, 0.4) is 0 Å². The molecule has 1 aliphatic carbocycles. The van der Waals surface area contributed by atoms with Crippen LogP contribution in [-0.2, 0) is 4.74 Å². The lowest BCUT2D eigenvalue weighted by Gasteiger charge is -2.11. The van der Waals surface area contributed by atoms with Crippen molar-refractivity contribution >= 4 is 22.9 Å². The molecule has 29 heavy (non-hydrogen) atoms. The van der Waals surface area contributed by atoms with E-state index in [2.05, 4.69) is 0 Å². The number of anilines is 1. The summed E-state index contributed by atoms with van der Waals surface area (Å²) in [5.74, 6) is -0.801. The van der Waals surface area contributed by atoms with Gasteiger partial charge in [0.15, 0.2) is 0 Å². The van der Waals surface area contributed by atoms with E-state index < -0.39 is 16.6 Å². The van der Waals surface area contributed by atoms with E-state index in [1.54, 1.807) is 19.1 Å². The van der Waals surface area contributed by atoms with Crippen LogP contribution in [0.1, 0.15) is 28.4 Å². The molecule has 10 heteroatoms. The Labute approximate surface area is 163 Å². The SMILES string of the molecule is CCOC(=O)c1cc([N+](=O)[O-])cc2c1-c1ccc(N(O)O)cc1C2=C(C#N)C#N. The Hall–Kier alpha value is -4.25. The summed E-state index contributed by atoms with van der Waals surface area (Å²) in [6.07, 6.45) is 0. The van der Waals surface area contributed by atoms with Gasteiger partial charge in [-0.3, -0.25) is 20.5 Å². The molecule has 0 radical (unpaired) electrons. The molecule has 2 aromatic carbocycles. The quantitative estimate of drug-likeness (QED) is 0.294. The van der Waals surface area contributed by atoms with Crippen LogP contribution in [0.4, 0.5) is 11.4 Å². The summed E-state index contributed by atoms with van der Waals surface area (Å²) < 4.78 is 5.02. The van der Waals surface area contributed by atoms with Gasteiger partial charge in [-0.15, -0.1) is 5.23 Å². The third-order valence-corrected chi connectivity index (χ3v) is 4.34. The first kappa shape index (κ1) is 19.5. The summed E-state index contributed by atoms with van der Waals surface area (Å²) in [5.41, 5.74) is 0.148. The van der Waals surface area contributed by atoms with Gasteiger partial charge in [0, 0.05) is 23.3 Å². The van der Waals surface area contributed by atoms with E-state index in [4.69, 9.17) is 4.74 Å². The van der Waals surface area contributed by atoms with E-state index in [1.165, 1.54) is 18.2 Å². The van der Waals surface area contributed by atoms with Gasteiger partial charge in [0.25, 0.3) is 5.69 Å². The van der Waals surface area contributed by atoms with E-state index in [-0.39, 0.29) is 50.9 Å². The molecule has 0 saturated heterocycles. The van der Waals surface area contributed by atoms with Crippen LogP contribution in [0, 0.1) is 32.8 Å². The highest BCUT2D eigenvalue weighted by atomic mass is 16.8. The van der Waals surface area contributed by atoms with Gasteiger partial charge in [-0.1, -0.05) is 6.07 Å². The summed E-state index contributed by atoms with van der Waals surface area (Å²) in [5, 5.41) is 48.7. The molecule has 0 spiro atoms.